The zero-order valence-corrected chi connectivity index (χ0v) is 77.0. The minimum absolute atomic E-state index is 0.247. The molecule has 8 aromatic heterocycles. The van der Waals surface area contributed by atoms with Crippen molar-refractivity contribution in [3.63, 3.8) is 0 Å². The highest BCUT2D eigenvalue weighted by Gasteiger charge is 2.53. The standard InChI is InChI=1S/C70H41N5O.C60H39N5O/c1-4-19-42(20-5-1)67-71-68(43-21-6-2-7-22-43)73-69(72-67)51-30-18-29-50-56-37-45(35-36-65(56)76-66(50)51)75-62-34-17-13-28-49(62)55-39-53-52-38-54-48-27-12-16-33-61(48)74(44-23-8-3-9-24-44)63(54)40-59(52)70(60(53)41-64(55)75)57-31-14-10-25-46(57)47-26-11-15-32-58(47)70;1-60(2)49-34-53-46(40-23-12-14-27-51(40)64(53)38-21-10-5-11-22-38)32-44(49)45-33-47-41-24-13-15-28-52(41)65(54(47)35-50(45)60)39-29-30-55-48(31-39)42-25-16-26-43(56(42)66-55)59-62-57(36-17-6-3-7-18-36)61-58(63-59)37-19-8-4-9-20-37/h1-41H;3-35H,1-2H3. The normalized spacial score (nSPS) is 13.1. The summed E-state index contributed by atoms with van der Waals surface area (Å²) in [4.78, 5) is 30.2. The molecular weight excluding hydrogens is 1730 g/mol. The Balaban J connectivity index is 0.000000134. The van der Waals surface area contributed by atoms with Crippen LogP contribution in [0, 0.1) is 0 Å². The van der Waals surface area contributed by atoms with Gasteiger partial charge in [0.25, 0.3) is 0 Å². The number of para-hydroxylation sites is 8. The van der Waals surface area contributed by atoms with Gasteiger partial charge in [0, 0.05) is 115 Å². The summed E-state index contributed by atoms with van der Waals surface area (Å²) in [5.41, 5.74) is 37.1. The second-order valence-corrected chi connectivity index (χ2v) is 38.2. The molecule has 3 aliphatic carbocycles. The molecule has 12 nitrogen and oxygen atoms in total. The summed E-state index contributed by atoms with van der Waals surface area (Å²) >= 11 is 0. The van der Waals surface area contributed by atoms with Crippen LogP contribution in [0.1, 0.15) is 47.2 Å². The van der Waals surface area contributed by atoms with Crippen LogP contribution in [-0.2, 0) is 10.8 Å². The molecule has 1 spiro atoms. The van der Waals surface area contributed by atoms with Gasteiger partial charge in [-0.15, -0.1) is 0 Å². The third-order valence-electron chi connectivity index (χ3n) is 30.3. The Morgan fingerprint density at radius 2 is 0.444 bits per heavy atom. The van der Waals surface area contributed by atoms with E-state index in [9.17, 15) is 0 Å². The summed E-state index contributed by atoms with van der Waals surface area (Å²) in [5, 5.41) is 13.9. The van der Waals surface area contributed by atoms with E-state index in [2.05, 4.69) is 354 Å². The molecule has 8 heterocycles. The summed E-state index contributed by atoms with van der Waals surface area (Å²) in [6.07, 6.45) is 0. The van der Waals surface area contributed by atoms with Crippen molar-refractivity contribution in [1.82, 2.24) is 48.2 Å². The van der Waals surface area contributed by atoms with Crippen molar-refractivity contribution < 1.29 is 8.83 Å². The molecule has 0 N–H and O–H groups in total. The maximum atomic E-state index is 6.88. The average Bonchev–Trinajstić information content (AvgIpc) is 1.49. The predicted molar refractivity (Wildman–Crippen MR) is 578 cm³/mol. The van der Waals surface area contributed by atoms with E-state index in [1.165, 1.54) is 143 Å². The van der Waals surface area contributed by atoms with Crippen LogP contribution in [0.5, 0.6) is 0 Å². The number of benzene rings is 20. The summed E-state index contributed by atoms with van der Waals surface area (Å²) < 4.78 is 23.4. The zero-order valence-electron chi connectivity index (χ0n) is 77.0. The first kappa shape index (κ1) is 79.4. The van der Waals surface area contributed by atoms with Crippen LogP contribution in [0.15, 0.2) is 458 Å². The number of hydrogen-bond acceptors (Lipinski definition) is 8. The molecule has 28 aromatic rings. The van der Waals surface area contributed by atoms with Crippen LogP contribution in [0.25, 0.3) is 256 Å². The third-order valence-corrected chi connectivity index (χ3v) is 30.3. The summed E-state index contributed by atoms with van der Waals surface area (Å²) in [6, 6.07) is 161. The molecule has 142 heavy (non-hydrogen) atoms. The van der Waals surface area contributed by atoms with E-state index in [1.807, 2.05) is 127 Å². The second kappa shape index (κ2) is 30.4. The van der Waals surface area contributed by atoms with Gasteiger partial charge in [0.1, 0.15) is 22.3 Å². The lowest BCUT2D eigenvalue weighted by Gasteiger charge is -2.30. The van der Waals surface area contributed by atoms with Crippen LogP contribution in [0.4, 0.5) is 0 Å². The number of fused-ring (bicyclic) bond motifs is 31. The van der Waals surface area contributed by atoms with Crippen LogP contribution in [-0.4, -0.2) is 48.2 Å². The molecule has 0 aliphatic heterocycles. The molecule has 0 bridgehead atoms. The Labute approximate surface area is 813 Å². The Morgan fingerprint density at radius 3 is 0.789 bits per heavy atom. The van der Waals surface area contributed by atoms with Crippen molar-refractivity contribution in [2.75, 3.05) is 0 Å². The lowest BCUT2D eigenvalue weighted by atomic mass is 9.70. The van der Waals surface area contributed by atoms with Crippen molar-refractivity contribution in [2.24, 2.45) is 0 Å². The summed E-state index contributed by atoms with van der Waals surface area (Å²) in [5.74, 6) is 3.56. The van der Waals surface area contributed by atoms with Gasteiger partial charge in [0.05, 0.1) is 60.7 Å². The maximum Gasteiger partial charge on any atom is 0.167 e. The van der Waals surface area contributed by atoms with Gasteiger partial charge in [0.2, 0.25) is 0 Å². The Bertz CT molecular complexity index is 10100. The molecule has 31 rings (SSSR count). The average molecular weight is 1810 g/mol. The van der Waals surface area contributed by atoms with Gasteiger partial charge in [-0.05, 0) is 212 Å². The van der Waals surface area contributed by atoms with E-state index in [1.54, 1.807) is 0 Å². The molecule has 0 saturated carbocycles. The zero-order chi connectivity index (χ0) is 93.3. The molecule has 3 aliphatic rings. The highest BCUT2D eigenvalue weighted by Crippen LogP contribution is 2.65. The van der Waals surface area contributed by atoms with Gasteiger partial charge in [-0.3, -0.25) is 0 Å². The highest BCUT2D eigenvalue weighted by atomic mass is 16.3. The van der Waals surface area contributed by atoms with E-state index in [4.69, 9.17) is 38.7 Å². The highest BCUT2D eigenvalue weighted by molar-refractivity contribution is 6.20. The van der Waals surface area contributed by atoms with Crippen LogP contribution in [0.3, 0.4) is 0 Å². The van der Waals surface area contributed by atoms with Crippen molar-refractivity contribution in [3.8, 4) is 124 Å². The summed E-state index contributed by atoms with van der Waals surface area (Å²) in [7, 11) is 0. The molecule has 0 atom stereocenters. The Hall–Kier alpha value is -18.8. The van der Waals surface area contributed by atoms with E-state index in [0.29, 0.717) is 34.9 Å². The van der Waals surface area contributed by atoms with Crippen molar-refractivity contribution in [2.45, 2.75) is 24.7 Å². The fourth-order valence-corrected chi connectivity index (χ4v) is 24.0. The first-order valence-corrected chi connectivity index (χ1v) is 48.4. The molecule has 20 aromatic carbocycles. The molecule has 0 unspecified atom stereocenters. The lowest BCUT2D eigenvalue weighted by Crippen LogP contribution is -2.26. The number of rotatable bonds is 10. The van der Waals surface area contributed by atoms with Crippen LogP contribution >= 0.6 is 0 Å². The van der Waals surface area contributed by atoms with Gasteiger partial charge < -0.3 is 27.1 Å². The topological polar surface area (TPSA) is 123 Å². The largest absolute Gasteiger partial charge is 0.455 e. The fourth-order valence-electron chi connectivity index (χ4n) is 24.0. The quantitative estimate of drug-likeness (QED) is 0.133. The minimum atomic E-state index is -0.587. The van der Waals surface area contributed by atoms with Crippen molar-refractivity contribution in [1.29, 1.82) is 0 Å². The van der Waals surface area contributed by atoms with Crippen molar-refractivity contribution in [3.05, 3.63) is 482 Å². The number of nitrogens with zero attached hydrogens (tertiary/aromatic N) is 10. The first-order chi connectivity index (χ1) is 70.2. The number of aromatic nitrogens is 10. The third kappa shape index (κ3) is 11.6. The molecule has 0 fully saturated rings. The van der Waals surface area contributed by atoms with Crippen LogP contribution in [0.2, 0.25) is 0 Å². The lowest BCUT2D eigenvalue weighted by molar-refractivity contribution is 0.661. The van der Waals surface area contributed by atoms with E-state index in [-0.39, 0.29) is 5.41 Å². The minimum Gasteiger partial charge on any atom is -0.455 e. The fraction of sp³-hybridized carbons (Fsp3) is 0.0308. The van der Waals surface area contributed by atoms with E-state index >= 15 is 0 Å². The first-order valence-electron chi connectivity index (χ1n) is 48.4. The van der Waals surface area contributed by atoms with Gasteiger partial charge >= 0.3 is 0 Å². The number of furan rings is 2. The molecular formula is C130H80N10O2. The van der Waals surface area contributed by atoms with Gasteiger partial charge in [0.15, 0.2) is 34.9 Å². The maximum absolute atomic E-state index is 6.88. The molecule has 0 amide bonds. The van der Waals surface area contributed by atoms with Crippen molar-refractivity contribution >= 4 is 131 Å². The molecule has 662 valence electrons. The van der Waals surface area contributed by atoms with E-state index in [0.717, 1.165) is 111 Å². The predicted octanol–water partition coefficient (Wildman–Crippen LogP) is 32.6. The molecule has 0 saturated heterocycles. The smallest absolute Gasteiger partial charge is 0.167 e. The van der Waals surface area contributed by atoms with Gasteiger partial charge in [-0.25, -0.2) is 29.9 Å². The molecule has 0 radical (unpaired) electrons. The monoisotopic (exact) mass is 1810 g/mol. The van der Waals surface area contributed by atoms with Gasteiger partial charge in [-0.2, -0.15) is 0 Å². The Morgan fingerprint density at radius 1 is 0.176 bits per heavy atom. The van der Waals surface area contributed by atoms with Gasteiger partial charge in [-0.1, -0.05) is 317 Å². The van der Waals surface area contributed by atoms with E-state index < -0.39 is 5.41 Å². The van der Waals surface area contributed by atoms with Crippen LogP contribution < -0.4 is 0 Å². The number of hydrogen-bond donors (Lipinski definition) is 0. The SMILES string of the molecule is CC1(C)c2cc3c(cc2-c2cc4c5ccccc5n(-c5ccc6oc7c(-c8nc(-c9ccccc9)nc(-c9ccccc9)n8)cccc7c6c5)c4cc21)c1ccccc1n3-c1ccccc1.c1ccc(-c2nc(-c3ccccc3)nc(-c3cccc4c3oc3ccc(-n5c6ccccc6c6cc7c(cc65)C5(c6ccccc6-c6ccccc65)c5cc6c(cc5-7)c5ccccc5n6-c5ccccc5)cc34)n2)cc1. The second-order valence-electron chi connectivity index (χ2n) is 38.2. The summed E-state index contributed by atoms with van der Waals surface area (Å²) in [6.45, 7) is 4.77. The molecule has 12 heteroatoms. The Kier molecular flexibility index (Phi) is 17.0.